The summed E-state index contributed by atoms with van der Waals surface area (Å²) < 4.78 is 24.0. The van der Waals surface area contributed by atoms with E-state index in [9.17, 15) is 14.0 Å². The number of amides is 3. The maximum absolute atomic E-state index is 13.4. The standard InChI is InChI=1S/C24H28FN3O4/c1-31-20-10-7-16(14-21(20)32-2)11-13-27-23(29)19-4-3-12-26-22(19)28(24(27)30)15-17-5-8-18(25)9-6-17/h5-10,14,19,22,26H,3-4,11-13,15H2,1-2H3. The van der Waals surface area contributed by atoms with Crippen LogP contribution in [-0.2, 0) is 17.8 Å². The molecule has 2 aromatic rings. The third kappa shape index (κ3) is 4.41. The molecule has 2 saturated heterocycles. The van der Waals surface area contributed by atoms with Gasteiger partial charge in [0.1, 0.15) is 5.82 Å². The molecule has 0 saturated carbocycles. The molecular weight excluding hydrogens is 413 g/mol. The molecule has 0 aromatic heterocycles. The summed E-state index contributed by atoms with van der Waals surface area (Å²) in [5.74, 6) is 0.494. The molecule has 2 atom stereocenters. The van der Waals surface area contributed by atoms with Crippen molar-refractivity contribution in [2.45, 2.75) is 32.0 Å². The third-order valence-corrected chi connectivity index (χ3v) is 6.16. The van der Waals surface area contributed by atoms with Gasteiger partial charge in [-0.25, -0.2) is 9.18 Å². The van der Waals surface area contributed by atoms with Crippen LogP contribution in [0.5, 0.6) is 11.5 Å². The molecule has 0 aliphatic carbocycles. The van der Waals surface area contributed by atoms with Crippen LogP contribution in [0, 0.1) is 11.7 Å². The first-order chi connectivity index (χ1) is 15.5. The topological polar surface area (TPSA) is 71.1 Å². The summed E-state index contributed by atoms with van der Waals surface area (Å²) in [7, 11) is 3.15. The second kappa shape index (κ2) is 9.56. The highest BCUT2D eigenvalue weighted by molar-refractivity contribution is 5.98. The van der Waals surface area contributed by atoms with Crippen molar-refractivity contribution < 1.29 is 23.5 Å². The Hall–Kier alpha value is -3.13. The molecule has 2 heterocycles. The summed E-state index contributed by atoms with van der Waals surface area (Å²) in [6.07, 6.45) is 1.78. The van der Waals surface area contributed by atoms with Gasteiger partial charge in [0.15, 0.2) is 11.5 Å². The molecule has 0 spiro atoms. The zero-order valence-corrected chi connectivity index (χ0v) is 18.3. The number of carbonyl (C=O) groups is 2. The molecule has 1 N–H and O–H groups in total. The SMILES string of the molecule is COc1ccc(CCN2C(=O)C3CCCNC3N(Cc3ccc(F)cc3)C2=O)cc1OC. The third-order valence-electron chi connectivity index (χ3n) is 6.16. The van der Waals surface area contributed by atoms with Gasteiger partial charge in [-0.1, -0.05) is 18.2 Å². The first-order valence-corrected chi connectivity index (χ1v) is 10.8. The van der Waals surface area contributed by atoms with Crippen LogP contribution in [0.2, 0.25) is 0 Å². The van der Waals surface area contributed by atoms with Gasteiger partial charge in [0.2, 0.25) is 5.91 Å². The van der Waals surface area contributed by atoms with Crippen LogP contribution in [0.4, 0.5) is 9.18 Å². The summed E-state index contributed by atoms with van der Waals surface area (Å²) in [6.45, 7) is 1.34. The quantitative estimate of drug-likeness (QED) is 0.715. The van der Waals surface area contributed by atoms with Gasteiger partial charge in [-0.3, -0.25) is 15.0 Å². The van der Waals surface area contributed by atoms with E-state index in [-0.39, 0.29) is 36.4 Å². The van der Waals surface area contributed by atoms with E-state index < -0.39 is 0 Å². The predicted octanol–water partition coefficient (Wildman–Crippen LogP) is 3.18. The molecule has 0 radical (unpaired) electrons. The first-order valence-electron chi connectivity index (χ1n) is 10.8. The zero-order valence-electron chi connectivity index (χ0n) is 18.3. The number of piperidine rings is 1. The van der Waals surface area contributed by atoms with Crippen LogP contribution in [0.1, 0.15) is 24.0 Å². The highest BCUT2D eigenvalue weighted by Crippen LogP contribution is 2.31. The normalized spacial score (nSPS) is 20.8. The Balaban J connectivity index is 1.54. The predicted molar refractivity (Wildman–Crippen MR) is 117 cm³/mol. The fraction of sp³-hybridized carbons (Fsp3) is 0.417. The molecular formula is C24H28FN3O4. The number of hydrogen-bond acceptors (Lipinski definition) is 5. The van der Waals surface area contributed by atoms with Gasteiger partial charge in [-0.2, -0.15) is 0 Å². The molecule has 32 heavy (non-hydrogen) atoms. The van der Waals surface area contributed by atoms with Gasteiger partial charge in [0, 0.05) is 13.1 Å². The average molecular weight is 442 g/mol. The van der Waals surface area contributed by atoms with Crippen LogP contribution < -0.4 is 14.8 Å². The van der Waals surface area contributed by atoms with Crippen LogP contribution in [0.3, 0.4) is 0 Å². The minimum absolute atomic E-state index is 0.136. The van der Waals surface area contributed by atoms with E-state index in [1.54, 1.807) is 31.3 Å². The van der Waals surface area contributed by atoms with Gasteiger partial charge in [0.05, 0.1) is 26.3 Å². The van der Waals surface area contributed by atoms with E-state index in [2.05, 4.69) is 5.32 Å². The summed E-state index contributed by atoms with van der Waals surface area (Å²) in [4.78, 5) is 29.6. The molecule has 8 heteroatoms. The molecule has 4 rings (SSSR count). The number of benzene rings is 2. The Morgan fingerprint density at radius 2 is 1.75 bits per heavy atom. The number of rotatable bonds is 7. The lowest BCUT2D eigenvalue weighted by molar-refractivity contribution is -0.141. The summed E-state index contributed by atoms with van der Waals surface area (Å²) in [6, 6.07) is 11.4. The molecule has 170 valence electrons. The van der Waals surface area contributed by atoms with Crippen LogP contribution in [0.25, 0.3) is 0 Å². The van der Waals surface area contributed by atoms with E-state index in [1.807, 2.05) is 18.2 Å². The minimum atomic E-state index is -0.342. The molecule has 3 amide bonds. The van der Waals surface area contributed by atoms with Crippen molar-refractivity contribution in [3.63, 3.8) is 0 Å². The smallest absolute Gasteiger partial charge is 0.328 e. The monoisotopic (exact) mass is 441 g/mol. The van der Waals surface area contributed by atoms with Gasteiger partial charge in [0.25, 0.3) is 0 Å². The number of urea groups is 1. The Morgan fingerprint density at radius 3 is 2.47 bits per heavy atom. The minimum Gasteiger partial charge on any atom is -0.493 e. The van der Waals surface area contributed by atoms with Gasteiger partial charge >= 0.3 is 6.03 Å². The Labute approximate surface area is 187 Å². The highest BCUT2D eigenvalue weighted by Gasteiger charge is 2.46. The van der Waals surface area contributed by atoms with E-state index in [1.165, 1.54) is 17.0 Å². The molecule has 2 unspecified atom stereocenters. The first kappa shape index (κ1) is 22.1. The van der Waals surface area contributed by atoms with Crippen LogP contribution in [0.15, 0.2) is 42.5 Å². The molecule has 0 bridgehead atoms. The summed E-state index contributed by atoms with van der Waals surface area (Å²) in [5, 5.41) is 3.34. The van der Waals surface area contributed by atoms with E-state index in [0.717, 1.165) is 30.5 Å². The highest BCUT2D eigenvalue weighted by atomic mass is 19.1. The maximum atomic E-state index is 13.4. The van der Waals surface area contributed by atoms with Crippen molar-refractivity contribution >= 4 is 11.9 Å². The van der Waals surface area contributed by atoms with Crippen molar-refractivity contribution in [1.82, 2.24) is 15.1 Å². The number of hydrogen-bond donors (Lipinski definition) is 1. The fourth-order valence-electron chi connectivity index (χ4n) is 4.46. The van der Waals surface area contributed by atoms with Crippen LogP contribution in [-0.4, -0.2) is 55.2 Å². The number of halogens is 1. The number of fused-ring (bicyclic) bond motifs is 1. The maximum Gasteiger partial charge on any atom is 0.328 e. The second-order valence-corrected chi connectivity index (χ2v) is 8.11. The van der Waals surface area contributed by atoms with Crippen molar-refractivity contribution in [1.29, 1.82) is 0 Å². The van der Waals surface area contributed by atoms with Crippen molar-refractivity contribution in [3.05, 3.63) is 59.4 Å². The van der Waals surface area contributed by atoms with Gasteiger partial charge in [-0.15, -0.1) is 0 Å². The second-order valence-electron chi connectivity index (χ2n) is 8.11. The van der Waals surface area contributed by atoms with Gasteiger partial charge in [-0.05, 0) is 61.2 Å². The Kier molecular flexibility index (Phi) is 6.60. The number of carbonyl (C=O) groups excluding carboxylic acids is 2. The molecule has 2 aromatic carbocycles. The summed E-state index contributed by atoms with van der Waals surface area (Å²) in [5.41, 5.74) is 1.76. The average Bonchev–Trinajstić information content (AvgIpc) is 2.82. The number of nitrogens with zero attached hydrogens (tertiary/aromatic N) is 2. The van der Waals surface area contributed by atoms with E-state index in [4.69, 9.17) is 9.47 Å². The Morgan fingerprint density at radius 1 is 1.03 bits per heavy atom. The molecule has 7 nitrogen and oxygen atoms in total. The van der Waals surface area contributed by atoms with E-state index in [0.29, 0.717) is 24.5 Å². The lowest BCUT2D eigenvalue weighted by Crippen LogP contribution is -2.67. The Bertz CT molecular complexity index is 982. The largest absolute Gasteiger partial charge is 0.493 e. The molecule has 2 aliphatic heterocycles. The van der Waals surface area contributed by atoms with E-state index >= 15 is 0 Å². The van der Waals surface area contributed by atoms with Gasteiger partial charge < -0.3 is 14.4 Å². The van der Waals surface area contributed by atoms with Crippen molar-refractivity contribution in [3.8, 4) is 11.5 Å². The number of imide groups is 1. The van der Waals surface area contributed by atoms with Crippen molar-refractivity contribution in [2.24, 2.45) is 5.92 Å². The number of nitrogens with one attached hydrogen (secondary N) is 1. The molecule has 2 aliphatic rings. The lowest BCUT2D eigenvalue weighted by Gasteiger charge is -2.47. The molecule has 2 fully saturated rings. The number of ether oxygens (including phenoxy) is 2. The number of methoxy groups -OCH3 is 2. The fourth-order valence-corrected chi connectivity index (χ4v) is 4.46. The lowest BCUT2D eigenvalue weighted by atomic mass is 9.91. The summed E-state index contributed by atoms with van der Waals surface area (Å²) >= 11 is 0. The zero-order chi connectivity index (χ0) is 22.7. The van der Waals surface area contributed by atoms with Crippen molar-refractivity contribution in [2.75, 3.05) is 27.3 Å². The van der Waals surface area contributed by atoms with Crippen LogP contribution >= 0.6 is 0 Å².